The maximum Gasteiger partial charge on any atom is 0.211 e. The topological polar surface area (TPSA) is 178 Å². The van der Waals surface area contributed by atoms with Gasteiger partial charge in [-0.15, -0.1) is 0 Å². The second-order valence-corrected chi connectivity index (χ2v) is 5.99. The zero-order chi connectivity index (χ0) is 19.7. The summed E-state index contributed by atoms with van der Waals surface area (Å²) in [6.07, 6.45) is 5.16. The van der Waals surface area contributed by atoms with Crippen molar-refractivity contribution in [3.8, 4) is 23.5 Å². The fourth-order valence-electron chi connectivity index (χ4n) is 3.08. The first-order chi connectivity index (χ1) is 13.6. The number of pyridine rings is 1. The average Bonchev–Trinajstić information content (AvgIpc) is 3.23. The lowest BCUT2D eigenvalue weighted by Crippen LogP contribution is -2.32. The van der Waals surface area contributed by atoms with Crippen molar-refractivity contribution in [2.75, 3.05) is 16.8 Å². The van der Waals surface area contributed by atoms with Crippen LogP contribution in [0.4, 0.5) is 17.3 Å². The van der Waals surface area contributed by atoms with E-state index in [2.05, 4.69) is 30.6 Å². The van der Waals surface area contributed by atoms with Crippen LogP contribution in [0.3, 0.4) is 0 Å². The van der Waals surface area contributed by atoms with Crippen molar-refractivity contribution in [1.29, 1.82) is 10.5 Å². The molecule has 0 spiro atoms. The predicted octanol–water partition coefficient (Wildman–Crippen LogP) is 1.45. The minimum atomic E-state index is -0.567. The molecule has 0 amide bonds. The fraction of sp³-hybridized carbons (Fsp3) is 0.0556. The quantitative estimate of drug-likeness (QED) is 0.332. The van der Waals surface area contributed by atoms with E-state index in [9.17, 15) is 5.26 Å². The molecular formula is C18H14N10. The Hall–Kier alpha value is -4.57. The third kappa shape index (κ3) is 2.71. The van der Waals surface area contributed by atoms with Crippen LogP contribution >= 0.6 is 0 Å². The molecule has 136 valence electrons. The Morgan fingerprint density at radius 1 is 1.14 bits per heavy atom. The van der Waals surface area contributed by atoms with Crippen LogP contribution in [-0.4, -0.2) is 20.9 Å². The molecule has 0 aliphatic carbocycles. The molecule has 0 bridgehead atoms. The summed E-state index contributed by atoms with van der Waals surface area (Å²) in [6.45, 7) is 0. The van der Waals surface area contributed by atoms with E-state index in [4.69, 9.17) is 16.7 Å². The molecule has 10 heteroatoms. The summed E-state index contributed by atoms with van der Waals surface area (Å²) in [5, 5.41) is 23.7. The fourth-order valence-corrected chi connectivity index (χ4v) is 3.08. The Balaban J connectivity index is 1.84. The molecule has 1 aromatic carbocycles. The number of aromatic nitrogens is 3. The number of aliphatic imine (C=N–C) groups is 1. The van der Waals surface area contributed by atoms with E-state index in [1.54, 1.807) is 12.5 Å². The number of rotatable bonds is 2. The van der Waals surface area contributed by atoms with Crippen molar-refractivity contribution in [2.24, 2.45) is 4.99 Å². The third-order valence-corrected chi connectivity index (χ3v) is 4.39. The molecular weight excluding hydrogens is 356 g/mol. The minimum absolute atomic E-state index is 0.0119. The normalized spacial score (nSPS) is 14.8. The summed E-state index contributed by atoms with van der Waals surface area (Å²) < 4.78 is 0. The van der Waals surface area contributed by atoms with E-state index in [0.717, 1.165) is 16.8 Å². The van der Waals surface area contributed by atoms with Gasteiger partial charge in [-0.2, -0.15) is 10.5 Å². The van der Waals surface area contributed by atoms with E-state index in [-0.39, 0.29) is 23.0 Å². The number of hydrogen-bond acceptors (Lipinski definition) is 9. The average molecular weight is 370 g/mol. The number of imidazole rings is 1. The standard InChI is InChI=1S/C18H14N10/c19-5-11-14(21)13-15(26-18(24-7-20)28-17(13)27-16(11)22)10-3-1-9(2-4-10)12-6-23-8-25-12/h1-4,6,8,15H,(H,23,25)(H6,21,22,24,26,27,28). The summed E-state index contributed by atoms with van der Waals surface area (Å²) in [7, 11) is 0. The van der Waals surface area contributed by atoms with Gasteiger partial charge in [-0.3, -0.25) is 5.32 Å². The molecule has 4 rings (SSSR count). The van der Waals surface area contributed by atoms with Crippen molar-refractivity contribution >= 4 is 23.3 Å². The second kappa shape index (κ2) is 6.63. The molecule has 1 atom stereocenters. The molecule has 2 aromatic heterocycles. The van der Waals surface area contributed by atoms with Gasteiger partial charge in [0.1, 0.15) is 29.3 Å². The molecule has 1 aliphatic rings. The number of nitriles is 2. The Morgan fingerprint density at radius 2 is 1.93 bits per heavy atom. The maximum atomic E-state index is 9.36. The SMILES string of the molecule is N#CNC1=NC(c2ccc(-c3cnc[nH]3)cc2)c2c(nc(N)c(C#N)c2N)N1. The number of benzene rings is 1. The van der Waals surface area contributed by atoms with Gasteiger partial charge in [0, 0.05) is 5.56 Å². The number of anilines is 3. The van der Waals surface area contributed by atoms with Gasteiger partial charge in [-0.25, -0.2) is 15.0 Å². The van der Waals surface area contributed by atoms with Crippen LogP contribution in [0, 0.1) is 22.8 Å². The van der Waals surface area contributed by atoms with Gasteiger partial charge in [-0.05, 0) is 11.1 Å². The molecule has 3 aromatic rings. The summed E-state index contributed by atoms with van der Waals surface area (Å²) in [4.78, 5) is 15.8. The first-order valence-electron chi connectivity index (χ1n) is 8.20. The summed E-state index contributed by atoms with van der Waals surface area (Å²) in [6, 6.07) is 9.04. The number of nitrogen functional groups attached to an aromatic ring is 2. The second-order valence-electron chi connectivity index (χ2n) is 5.99. The van der Waals surface area contributed by atoms with E-state index in [1.807, 2.05) is 36.5 Å². The minimum Gasteiger partial charge on any atom is -0.397 e. The first kappa shape index (κ1) is 16.9. The lowest BCUT2D eigenvalue weighted by Gasteiger charge is -2.26. The van der Waals surface area contributed by atoms with Gasteiger partial charge in [0.15, 0.2) is 6.19 Å². The molecule has 0 saturated heterocycles. The van der Waals surface area contributed by atoms with E-state index in [1.165, 1.54) is 0 Å². The van der Waals surface area contributed by atoms with Gasteiger partial charge in [0.25, 0.3) is 0 Å². The lowest BCUT2D eigenvalue weighted by atomic mass is 9.94. The Morgan fingerprint density at radius 3 is 2.57 bits per heavy atom. The summed E-state index contributed by atoms with van der Waals surface area (Å²) >= 11 is 0. The van der Waals surface area contributed by atoms with Crippen LogP contribution in [0.1, 0.15) is 22.7 Å². The zero-order valence-electron chi connectivity index (χ0n) is 14.4. The van der Waals surface area contributed by atoms with E-state index in [0.29, 0.717) is 11.4 Å². The molecule has 1 aliphatic heterocycles. The highest BCUT2D eigenvalue weighted by atomic mass is 15.2. The Labute approximate surface area is 159 Å². The number of nitrogens with one attached hydrogen (secondary N) is 3. The van der Waals surface area contributed by atoms with Crippen molar-refractivity contribution in [3.63, 3.8) is 0 Å². The number of fused-ring (bicyclic) bond motifs is 1. The Kier molecular flexibility index (Phi) is 3.99. The Bertz CT molecular complexity index is 1150. The lowest BCUT2D eigenvalue weighted by molar-refractivity contribution is 0.847. The van der Waals surface area contributed by atoms with Crippen LogP contribution in [0.15, 0.2) is 41.8 Å². The largest absolute Gasteiger partial charge is 0.397 e. The molecule has 28 heavy (non-hydrogen) atoms. The molecule has 3 heterocycles. The maximum absolute atomic E-state index is 9.36. The van der Waals surface area contributed by atoms with Crippen LogP contribution in [0.25, 0.3) is 11.3 Å². The first-order valence-corrected chi connectivity index (χ1v) is 8.20. The van der Waals surface area contributed by atoms with Gasteiger partial charge in [-0.1, -0.05) is 24.3 Å². The number of guanidine groups is 1. The number of H-pyrrole nitrogens is 1. The van der Waals surface area contributed by atoms with Gasteiger partial charge < -0.3 is 21.8 Å². The number of nitrogens with two attached hydrogens (primary N) is 2. The molecule has 0 fully saturated rings. The van der Waals surface area contributed by atoms with Crippen LogP contribution in [0.5, 0.6) is 0 Å². The number of aromatic amines is 1. The van der Waals surface area contributed by atoms with Crippen LogP contribution < -0.4 is 22.1 Å². The van der Waals surface area contributed by atoms with Crippen molar-refractivity contribution in [1.82, 2.24) is 20.3 Å². The van der Waals surface area contributed by atoms with E-state index >= 15 is 0 Å². The van der Waals surface area contributed by atoms with Crippen LogP contribution in [-0.2, 0) is 0 Å². The monoisotopic (exact) mass is 370 g/mol. The van der Waals surface area contributed by atoms with Gasteiger partial charge >= 0.3 is 0 Å². The zero-order valence-corrected chi connectivity index (χ0v) is 14.4. The molecule has 7 N–H and O–H groups in total. The smallest absolute Gasteiger partial charge is 0.211 e. The molecule has 0 radical (unpaired) electrons. The van der Waals surface area contributed by atoms with Crippen LogP contribution in [0.2, 0.25) is 0 Å². The van der Waals surface area contributed by atoms with Crippen molar-refractivity contribution in [3.05, 3.63) is 53.5 Å². The molecule has 1 unspecified atom stereocenters. The number of hydrogen-bond donors (Lipinski definition) is 5. The van der Waals surface area contributed by atoms with E-state index < -0.39 is 6.04 Å². The highest BCUT2D eigenvalue weighted by molar-refractivity contribution is 5.98. The highest BCUT2D eigenvalue weighted by Crippen LogP contribution is 2.40. The third-order valence-electron chi connectivity index (χ3n) is 4.39. The molecule has 10 nitrogen and oxygen atoms in total. The highest BCUT2D eigenvalue weighted by Gasteiger charge is 2.29. The van der Waals surface area contributed by atoms with Crippen molar-refractivity contribution < 1.29 is 0 Å². The summed E-state index contributed by atoms with van der Waals surface area (Å²) in [5.41, 5.74) is 15.6. The van der Waals surface area contributed by atoms with Crippen molar-refractivity contribution in [2.45, 2.75) is 6.04 Å². The predicted molar refractivity (Wildman–Crippen MR) is 103 cm³/mol. The van der Waals surface area contributed by atoms with Gasteiger partial charge in [0.2, 0.25) is 5.96 Å². The van der Waals surface area contributed by atoms with Gasteiger partial charge in [0.05, 0.1) is 23.9 Å². The summed E-state index contributed by atoms with van der Waals surface area (Å²) in [5.74, 6) is 0.579. The molecule has 0 saturated carbocycles. The number of nitrogens with zero attached hydrogens (tertiary/aromatic N) is 5.